The molecule has 120 valence electrons. The van der Waals surface area contributed by atoms with E-state index in [1.54, 1.807) is 14.2 Å². The summed E-state index contributed by atoms with van der Waals surface area (Å²) in [5.74, 6) is 0.776. The molecule has 0 amide bonds. The van der Waals surface area contributed by atoms with Crippen LogP contribution in [0.2, 0.25) is 0 Å². The number of fused-ring (bicyclic) bond motifs is 1. The summed E-state index contributed by atoms with van der Waals surface area (Å²) in [6.45, 7) is 6.07. The van der Waals surface area contributed by atoms with Crippen molar-refractivity contribution in [3.63, 3.8) is 0 Å². The maximum Gasteiger partial charge on any atom is 0.313 e. The average molecular weight is 305 g/mol. The zero-order valence-corrected chi connectivity index (χ0v) is 14.0. The molecule has 1 atom stereocenters. The van der Waals surface area contributed by atoms with Gasteiger partial charge in [0.15, 0.2) is 11.5 Å². The highest BCUT2D eigenvalue weighted by atomic mass is 16.5. The van der Waals surface area contributed by atoms with Crippen molar-refractivity contribution in [2.24, 2.45) is 7.05 Å². The van der Waals surface area contributed by atoms with Gasteiger partial charge in [-0.05, 0) is 32.4 Å². The second-order valence-corrected chi connectivity index (χ2v) is 5.26. The number of nitrogens with zero attached hydrogens (tertiary/aromatic N) is 1. The summed E-state index contributed by atoms with van der Waals surface area (Å²) < 4.78 is 18.0. The number of ether oxygens (including phenoxy) is 3. The summed E-state index contributed by atoms with van der Waals surface area (Å²) in [6, 6.07) is 3.86. The molecule has 0 aliphatic carbocycles. The SMILES string of the molecule is CCOC(=O)C(C)c1c(C)n(C)c2cc(OC)c(OC)cc12. The van der Waals surface area contributed by atoms with Crippen LogP contribution in [0.1, 0.15) is 31.0 Å². The number of carbonyl (C=O) groups excluding carboxylic acids is 1. The Balaban J connectivity index is 2.69. The Labute approximate surface area is 130 Å². The van der Waals surface area contributed by atoms with Crippen LogP contribution < -0.4 is 9.47 Å². The third-order valence-corrected chi connectivity index (χ3v) is 4.12. The van der Waals surface area contributed by atoms with Gasteiger partial charge in [0.2, 0.25) is 0 Å². The van der Waals surface area contributed by atoms with Gasteiger partial charge in [-0.3, -0.25) is 4.79 Å². The summed E-state index contributed by atoms with van der Waals surface area (Å²) >= 11 is 0. The fourth-order valence-electron chi connectivity index (χ4n) is 2.85. The quantitative estimate of drug-likeness (QED) is 0.796. The van der Waals surface area contributed by atoms with Gasteiger partial charge in [-0.1, -0.05) is 0 Å². The number of aryl methyl sites for hydroxylation is 1. The minimum absolute atomic E-state index is 0.215. The Hall–Kier alpha value is -2.17. The number of carbonyl (C=O) groups is 1. The Morgan fingerprint density at radius 1 is 1.23 bits per heavy atom. The first kappa shape index (κ1) is 16.2. The second kappa shape index (κ2) is 6.30. The van der Waals surface area contributed by atoms with Crippen molar-refractivity contribution >= 4 is 16.9 Å². The first-order chi connectivity index (χ1) is 10.5. The minimum Gasteiger partial charge on any atom is -0.493 e. The molecule has 0 fully saturated rings. The van der Waals surface area contributed by atoms with Crippen molar-refractivity contribution < 1.29 is 19.0 Å². The van der Waals surface area contributed by atoms with E-state index in [0.717, 1.165) is 22.2 Å². The smallest absolute Gasteiger partial charge is 0.313 e. The Bertz CT molecular complexity index is 702. The molecule has 0 radical (unpaired) electrons. The largest absolute Gasteiger partial charge is 0.493 e. The lowest BCUT2D eigenvalue weighted by Crippen LogP contribution is -2.13. The van der Waals surface area contributed by atoms with Gasteiger partial charge >= 0.3 is 5.97 Å². The molecule has 0 bridgehead atoms. The van der Waals surface area contributed by atoms with E-state index >= 15 is 0 Å². The van der Waals surface area contributed by atoms with Crippen molar-refractivity contribution in [2.45, 2.75) is 26.7 Å². The topological polar surface area (TPSA) is 49.7 Å². The maximum absolute atomic E-state index is 12.1. The molecule has 22 heavy (non-hydrogen) atoms. The molecule has 0 aliphatic rings. The highest BCUT2D eigenvalue weighted by Crippen LogP contribution is 2.38. The van der Waals surface area contributed by atoms with E-state index in [1.165, 1.54) is 0 Å². The van der Waals surface area contributed by atoms with Gasteiger partial charge in [0.05, 0.1) is 32.3 Å². The van der Waals surface area contributed by atoms with Crippen LogP contribution in [0.5, 0.6) is 11.5 Å². The fraction of sp³-hybridized carbons (Fsp3) is 0.471. The van der Waals surface area contributed by atoms with Crippen LogP contribution in [0.3, 0.4) is 0 Å². The number of rotatable bonds is 5. The van der Waals surface area contributed by atoms with Crippen LogP contribution in [-0.2, 0) is 16.6 Å². The summed E-state index contributed by atoms with van der Waals surface area (Å²) in [5, 5.41) is 0.984. The number of benzene rings is 1. The minimum atomic E-state index is -0.332. The normalized spacial score (nSPS) is 12.3. The van der Waals surface area contributed by atoms with Crippen molar-refractivity contribution in [3.8, 4) is 11.5 Å². The molecule has 0 saturated carbocycles. The molecule has 1 heterocycles. The van der Waals surface area contributed by atoms with Crippen molar-refractivity contribution in [1.29, 1.82) is 0 Å². The van der Waals surface area contributed by atoms with Crippen molar-refractivity contribution in [2.75, 3.05) is 20.8 Å². The van der Waals surface area contributed by atoms with Gasteiger partial charge in [0.25, 0.3) is 0 Å². The lowest BCUT2D eigenvalue weighted by atomic mass is 9.97. The third kappa shape index (κ3) is 2.51. The van der Waals surface area contributed by atoms with Crippen LogP contribution in [0, 0.1) is 6.92 Å². The second-order valence-electron chi connectivity index (χ2n) is 5.26. The van der Waals surface area contributed by atoms with Gasteiger partial charge in [-0.25, -0.2) is 0 Å². The fourth-order valence-corrected chi connectivity index (χ4v) is 2.85. The number of hydrogen-bond acceptors (Lipinski definition) is 4. The molecule has 5 heteroatoms. The third-order valence-electron chi connectivity index (χ3n) is 4.12. The molecule has 1 aromatic heterocycles. The first-order valence-corrected chi connectivity index (χ1v) is 7.33. The van der Waals surface area contributed by atoms with Crippen molar-refractivity contribution in [1.82, 2.24) is 4.57 Å². The van der Waals surface area contributed by atoms with Gasteiger partial charge in [-0.2, -0.15) is 0 Å². The molecular weight excluding hydrogens is 282 g/mol. The van der Waals surface area contributed by atoms with E-state index in [-0.39, 0.29) is 11.9 Å². The molecule has 0 saturated heterocycles. The van der Waals surface area contributed by atoms with Crippen LogP contribution in [0.15, 0.2) is 12.1 Å². The summed E-state index contributed by atoms with van der Waals surface area (Å²) in [7, 11) is 5.19. The van der Waals surface area contributed by atoms with E-state index < -0.39 is 0 Å². The lowest BCUT2D eigenvalue weighted by Gasteiger charge is -2.12. The first-order valence-electron chi connectivity index (χ1n) is 7.33. The van der Waals surface area contributed by atoms with Gasteiger partial charge in [-0.15, -0.1) is 0 Å². The van der Waals surface area contributed by atoms with Gasteiger partial charge in [0.1, 0.15) is 0 Å². The molecule has 1 unspecified atom stereocenters. The predicted octanol–water partition coefficient (Wildman–Crippen LogP) is 3.17. The Morgan fingerprint density at radius 2 is 1.82 bits per heavy atom. The predicted molar refractivity (Wildman–Crippen MR) is 85.8 cm³/mol. The summed E-state index contributed by atoms with van der Waals surface area (Å²) in [4.78, 5) is 12.1. The van der Waals surface area contributed by atoms with Crippen molar-refractivity contribution in [3.05, 3.63) is 23.4 Å². The number of hydrogen-bond donors (Lipinski definition) is 0. The molecular formula is C17H23NO4. The average Bonchev–Trinajstić information content (AvgIpc) is 2.76. The molecule has 0 spiro atoms. The number of methoxy groups -OCH3 is 2. The van der Waals surface area contributed by atoms with E-state index in [4.69, 9.17) is 14.2 Å². The molecule has 0 aliphatic heterocycles. The molecule has 5 nitrogen and oxygen atoms in total. The van der Waals surface area contributed by atoms with E-state index in [1.807, 2.05) is 40.0 Å². The zero-order chi connectivity index (χ0) is 16.4. The monoisotopic (exact) mass is 305 g/mol. The van der Waals surface area contributed by atoms with Gasteiger partial charge in [0, 0.05) is 24.2 Å². The van der Waals surface area contributed by atoms with Crippen LogP contribution in [0.4, 0.5) is 0 Å². The highest BCUT2D eigenvalue weighted by molar-refractivity contribution is 5.93. The maximum atomic E-state index is 12.1. The van der Waals surface area contributed by atoms with Gasteiger partial charge < -0.3 is 18.8 Å². The molecule has 2 aromatic rings. The Morgan fingerprint density at radius 3 is 2.36 bits per heavy atom. The zero-order valence-electron chi connectivity index (χ0n) is 14.0. The Kier molecular flexibility index (Phi) is 4.64. The summed E-state index contributed by atoms with van der Waals surface area (Å²) in [6.07, 6.45) is 0. The van der Waals surface area contributed by atoms with Crippen LogP contribution >= 0.6 is 0 Å². The molecule has 2 rings (SSSR count). The standard InChI is InChI=1S/C17H23NO4/c1-7-22-17(19)10(2)16-11(3)18(4)13-9-15(21-6)14(20-5)8-12(13)16/h8-10H,7H2,1-6H3. The highest BCUT2D eigenvalue weighted by Gasteiger charge is 2.25. The van der Waals surface area contributed by atoms with Crippen LogP contribution in [0.25, 0.3) is 10.9 Å². The van der Waals surface area contributed by atoms with E-state index in [9.17, 15) is 4.79 Å². The van der Waals surface area contributed by atoms with E-state index in [2.05, 4.69) is 4.57 Å². The molecule has 1 aromatic carbocycles. The lowest BCUT2D eigenvalue weighted by molar-refractivity contribution is -0.144. The number of aromatic nitrogens is 1. The summed E-state index contributed by atoms with van der Waals surface area (Å²) in [5.41, 5.74) is 3.00. The number of esters is 1. The van der Waals surface area contributed by atoms with E-state index in [0.29, 0.717) is 18.1 Å². The molecule has 0 N–H and O–H groups in total. The van der Waals surface area contributed by atoms with Crippen LogP contribution in [-0.4, -0.2) is 31.4 Å².